The fourth-order valence-electron chi connectivity index (χ4n) is 2.36. The summed E-state index contributed by atoms with van der Waals surface area (Å²) >= 11 is 0. The van der Waals surface area contributed by atoms with Gasteiger partial charge in [-0.2, -0.15) is 5.10 Å². The summed E-state index contributed by atoms with van der Waals surface area (Å²) in [5.74, 6) is 0. The second-order valence-corrected chi connectivity index (χ2v) is 7.05. The Morgan fingerprint density at radius 2 is 1.86 bits per heavy atom. The van der Waals surface area contributed by atoms with Crippen LogP contribution in [-0.2, 0) is 16.6 Å². The molecule has 0 saturated heterocycles. The zero-order valence-corrected chi connectivity index (χ0v) is 14.1. The number of sulfonamides is 1. The van der Waals surface area contributed by atoms with Gasteiger partial charge in [0.2, 0.25) is 0 Å². The van der Waals surface area contributed by atoms with E-state index >= 15 is 0 Å². The third-order valence-corrected chi connectivity index (χ3v) is 5.07. The predicted octanol–water partition coefficient (Wildman–Crippen LogP) is 3.03. The molecule has 1 aromatic carbocycles. The van der Waals surface area contributed by atoms with Gasteiger partial charge in [-0.1, -0.05) is 43.7 Å². The molecular formula is C16H23N3O2S. The SMILES string of the molecule is CCCn1nccc1S(=O)(=O)N[C@H](CC)c1ccc(C)cc1. The molecule has 0 amide bonds. The maximum absolute atomic E-state index is 12.6. The highest BCUT2D eigenvalue weighted by Gasteiger charge is 2.23. The number of hydrogen-bond donors (Lipinski definition) is 1. The fraction of sp³-hybridized carbons (Fsp3) is 0.438. The molecule has 0 aliphatic rings. The van der Waals surface area contributed by atoms with Gasteiger partial charge in [-0.05, 0) is 31.4 Å². The van der Waals surface area contributed by atoms with Crippen LogP contribution in [0.5, 0.6) is 0 Å². The van der Waals surface area contributed by atoms with Crippen LogP contribution in [0, 0.1) is 6.92 Å². The van der Waals surface area contributed by atoms with Crippen LogP contribution in [0.15, 0.2) is 41.6 Å². The lowest BCUT2D eigenvalue weighted by Crippen LogP contribution is -2.30. The van der Waals surface area contributed by atoms with Crippen LogP contribution in [0.4, 0.5) is 0 Å². The highest BCUT2D eigenvalue weighted by Crippen LogP contribution is 2.20. The second-order valence-electron chi connectivity index (χ2n) is 5.39. The lowest BCUT2D eigenvalue weighted by Gasteiger charge is -2.18. The Kier molecular flexibility index (Phi) is 5.37. The Morgan fingerprint density at radius 1 is 1.18 bits per heavy atom. The Labute approximate surface area is 132 Å². The molecule has 5 nitrogen and oxygen atoms in total. The summed E-state index contributed by atoms with van der Waals surface area (Å²) in [4.78, 5) is 0. The molecule has 0 fully saturated rings. The first-order valence-electron chi connectivity index (χ1n) is 7.58. The summed E-state index contributed by atoms with van der Waals surface area (Å²) in [6.45, 7) is 6.56. The van der Waals surface area contributed by atoms with E-state index in [2.05, 4.69) is 9.82 Å². The Balaban J connectivity index is 2.25. The van der Waals surface area contributed by atoms with Crippen LogP contribution in [-0.4, -0.2) is 18.2 Å². The smallest absolute Gasteiger partial charge is 0.253 e. The molecule has 1 N–H and O–H groups in total. The first-order valence-corrected chi connectivity index (χ1v) is 9.07. The maximum atomic E-state index is 12.6. The van der Waals surface area contributed by atoms with Gasteiger partial charge in [-0.25, -0.2) is 13.1 Å². The monoisotopic (exact) mass is 321 g/mol. The Hall–Kier alpha value is -1.66. The number of nitrogens with zero attached hydrogens (tertiary/aromatic N) is 2. The molecule has 1 atom stereocenters. The molecule has 0 radical (unpaired) electrons. The minimum Gasteiger partial charge on any atom is -0.253 e. The second kappa shape index (κ2) is 7.07. The zero-order chi connectivity index (χ0) is 16.2. The van der Waals surface area contributed by atoms with E-state index < -0.39 is 10.0 Å². The molecule has 0 bridgehead atoms. The van der Waals surface area contributed by atoms with Crippen LogP contribution in [0.1, 0.15) is 43.9 Å². The first kappa shape index (κ1) is 16.7. The minimum atomic E-state index is -3.59. The zero-order valence-electron chi connectivity index (χ0n) is 13.3. The summed E-state index contributed by atoms with van der Waals surface area (Å²) in [6, 6.07) is 9.22. The summed E-state index contributed by atoms with van der Waals surface area (Å²) in [5, 5.41) is 4.31. The molecule has 0 aliphatic carbocycles. The quantitative estimate of drug-likeness (QED) is 0.852. The number of aryl methyl sites for hydroxylation is 2. The van der Waals surface area contributed by atoms with Crippen molar-refractivity contribution >= 4 is 10.0 Å². The topological polar surface area (TPSA) is 64.0 Å². The minimum absolute atomic E-state index is 0.222. The van der Waals surface area contributed by atoms with E-state index in [-0.39, 0.29) is 11.1 Å². The van der Waals surface area contributed by atoms with Crippen molar-refractivity contribution in [3.8, 4) is 0 Å². The molecule has 0 aliphatic heterocycles. The van der Waals surface area contributed by atoms with Crippen molar-refractivity contribution in [2.75, 3.05) is 0 Å². The van der Waals surface area contributed by atoms with E-state index in [0.717, 1.165) is 17.5 Å². The van der Waals surface area contributed by atoms with Gasteiger partial charge in [0.05, 0.1) is 6.20 Å². The van der Waals surface area contributed by atoms with Crippen LogP contribution in [0.3, 0.4) is 0 Å². The Bertz CT molecular complexity index is 705. The van der Waals surface area contributed by atoms with Gasteiger partial charge in [0.25, 0.3) is 10.0 Å². The molecule has 0 spiro atoms. The molecule has 120 valence electrons. The van der Waals surface area contributed by atoms with Crippen LogP contribution >= 0.6 is 0 Å². The highest BCUT2D eigenvalue weighted by atomic mass is 32.2. The van der Waals surface area contributed by atoms with Crippen molar-refractivity contribution in [3.05, 3.63) is 47.7 Å². The molecule has 1 aromatic heterocycles. The van der Waals surface area contributed by atoms with Crippen molar-refractivity contribution in [1.29, 1.82) is 0 Å². The van der Waals surface area contributed by atoms with Gasteiger partial charge >= 0.3 is 0 Å². The number of rotatable bonds is 7. The molecule has 0 unspecified atom stereocenters. The van der Waals surface area contributed by atoms with Crippen molar-refractivity contribution < 1.29 is 8.42 Å². The lowest BCUT2D eigenvalue weighted by molar-refractivity contribution is 0.510. The molecule has 22 heavy (non-hydrogen) atoms. The number of nitrogens with one attached hydrogen (secondary N) is 1. The first-order chi connectivity index (χ1) is 10.5. The largest absolute Gasteiger partial charge is 0.258 e. The van der Waals surface area contributed by atoms with Crippen LogP contribution in [0.2, 0.25) is 0 Å². The normalized spacial score (nSPS) is 13.2. The summed E-state index contributed by atoms with van der Waals surface area (Å²) in [5.41, 5.74) is 2.13. The fourth-order valence-corrected chi connectivity index (χ4v) is 3.82. The van der Waals surface area contributed by atoms with Crippen molar-refractivity contribution in [2.24, 2.45) is 0 Å². The molecule has 1 heterocycles. The maximum Gasteiger partial charge on any atom is 0.258 e. The number of benzene rings is 1. The van der Waals surface area contributed by atoms with Crippen molar-refractivity contribution in [3.63, 3.8) is 0 Å². The van der Waals surface area contributed by atoms with E-state index in [0.29, 0.717) is 13.0 Å². The average molecular weight is 321 g/mol. The van der Waals surface area contributed by atoms with E-state index in [4.69, 9.17) is 0 Å². The van der Waals surface area contributed by atoms with Crippen molar-refractivity contribution in [2.45, 2.75) is 51.2 Å². The van der Waals surface area contributed by atoms with E-state index in [9.17, 15) is 8.42 Å². The van der Waals surface area contributed by atoms with Gasteiger partial charge in [0.1, 0.15) is 0 Å². The van der Waals surface area contributed by atoms with E-state index in [1.807, 2.05) is 45.0 Å². The van der Waals surface area contributed by atoms with Crippen LogP contribution in [0.25, 0.3) is 0 Å². The van der Waals surface area contributed by atoms with Gasteiger partial charge in [0, 0.05) is 12.6 Å². The van der Waals surface area contributed by atoms with Gasteiger partial charge in [-0.15, -0.1) is 0 Å². The van der Waals surface area contributed by atoms with Crippen LogP contribution < -0.4 is 4.72 Å². The van der Waals surface area contributed by atoms with Gasteiger partial charge in [-0.3, -0.25) is 4.68 Å². The molecule has 6 heteroatoms. The predicted molar refractivity (Wildman–Crippen MR) is 87.1 cm³/mol. The van der Waals surface area contributed by atoms with E-state index in [1.165, 1.54) is 10.9 Å². The standard InChI is InChI=1S/C16H23N3O2S/c1-4-12-19-16(10-11-17-19)22(20,21)18-15(5-2)14-8-6-13(3)7-9-14/h6-11,15,18H,4-5,12H2,1-3H3/t15-/m1/s1. The Morgan fingerprint density at radius 3 is 2.45 bits per heavy atom. The average Bonchev–Trinajstić information content (AvgIpc) is 2.95. The summed E-state index contributed by atoms with van der Waals surface area (Å²) < 4.78 is 29.6. The van der Waals surface area contributed by atoms with Gasteiger partial charge < -0.3 is 0 Å². The molecule has 2 aromatic rings. The molecule has 2 rings (SSSR count). The van der Waals surface area contributed by atoms with Gasteiger partial charge in [0.15, 0.2) is 5.03 Å². The summed E-state index contributed by atoms with van der Waals surface area (Å²) in [6.07, 6.45) is 3.04. The third kappa shape index (κ3) is 3.75. The number of aromatic nitrogens is 2. The molecular weight excluding hydrogens is 298 g/mol. The molecule has 0 saturated carbocycles. The van der Waals surface area contributed by atoms with Crippen molar-refractivity contribution in [1.82, 2.24) is 14.5 Å². The highest BCUT2D eigenvalue weighted by molar-refractivity contribution is 7.89. The summed E-state index contributed by atoms with van der Waals surface area (Å²) in [7, 11) is -3.59. The van der Waals surface area contributed by atoms with E-state index in [1.54, 1.807) is 6.07 Å². The lowest BCUT2D eigenvalue weighted by atomic mass is 10.0. The number of hydrogen-bond acceptors (Lipinski definition) is 3. The third-order valence-electron chi connectivity index (χ3n) is 3.57.